The zero-order valence-corrected chi connectivity index (χ0v) is 9.69. The van der Waals surface area contributed by atoms with E-state index >= 15 is 0 Å². The van der Waals surface area contributed by atoms with Gasteiger partial charge in [0.15, 0.2) is 0 Å². The van der Waals surface area contributed by atoms with Crippen molar-refractivity contribution in [2.45, 2.75) is 51.2 Å². The van der Waals surface area contributed by atoms with Crippen LogP contribution in [0.15, 0.2) is 0 Å². The van der Waals surface area contributed by atoms with Gasteiger partial charge in [-0.3, -0.25) is 5.14 Å². The quantitative estimate of drug-likeness (QED) is 0.734. The van der Waals surface area contributed by atoms with Gasteiger partial charge >= 0.3 is 0 Å². The summed E-state index contributed by atoms with van der Waals surface area (Å²) < 4.78 is 11.5. The van der Waals surface area contributed by atoms with Gasteiger partial charge in [0, 0.05) is 0 Å². The highest BCUT2D eigenvalue weighted by molar-refractivity contribution is 7.84. The molecule has 3 atom stereocenters. The molecule has 0 radical (unpaired) electrons. The van der Waals surface area contributed by atoms with Crippen molar-refractivity contribution < 1.29 is 4.21 Å². The molecule has 0 aliphatic heterocycles. The van der Waals surface area contributed by atoms with Crippen LogP contribution < -0.4 is 5.14 Å². The summed E-state index contributed by atoms with van der Waals surface area (Å²) in [7, 11) is -1.16. The highest BCUT2D eigenvalue weighted by Gasteiger charge is 2.41. The monoisotopic (exact) mass is 203 g/mol. The number of nitrogens with two attached hydrogens (primary N) is 1. The molecule has 1 rings (SSSR count). The minimum Gasteiger partial charge on any atom is -0.251 e. The summed E-state index contributed by atoms with van der Waals surface area (Å²) in [6.45, 7) is 6.52. The van der Waals surface area contributed by atoms with E-state index in [1.807, 2.05) is 0 Å². The molecule has 0 aromatic heterocycles. The second kappa shape index (κ2) is 4.09. The third-order valence-corrected chi connectivity index (χ3v) is 5.09. The second-order valence-corrected chi connectivity index (χ2v) is 6.13. The first-order chi connectivity index (χ1) is 5.99. The van der Waals surface area contributed by atoms with Gasteiger partial charge in [0.25, 0.3) is 0 Å². The molecule has 2 N–H and O–H groups in total. The molecule has 3 unspecified atom stereocenters. The number of hydrogen-bond acceptors (Lipinski definition) is 1. The van der Waals surface area contributed by atoms with Crippen molar-refractivity contribution in [3.05, 3.63) is 0 Å². The van der Waals surface area contributed by atoms with Crippen LogP contribution in [0.1, 0.15) is 46.5 Å². The van der Waals surface area contributed by atoms with Crippen LogP contribution in [-0.4, -0.2) is 8.96 Å². The van der Waals surface area contributed by atoms with Gasteiger partial charge in [-0.05, 0) is 24.7 Å². The summed E-state index contributed by atoms with van der Waals surface area (Å²) in [5.74, 6) is 1.12. The van der Waals surface area contributed by atoms with E-state index in [9.17, 15) is 4.21 Å². The molecule has 0 spiro atoms. The average molecular weight is 203 g/mol. The molecule has 0 aromatic rings. The Labute approximate surface area is 83.9 Å². The Balaban J connectivity index is 2.83. The molecule has 0 amide bonds. The van der Waals surface area contributed by atoms with Crippen molar-refractivity contribution in [1.29, 1.82) is 0 Å². The van der Waals surface area contributed by atoms with Gasteiger partial charge in [-0.15, -0.1) is 0 Å². The molecule has 0 saturated heterocycles. The van der Waals surface area contributed by atoms with E-state index in [0.717, 1.165) is 12.8 Å². The highest BCUT2D eigenvalue weighted by Crippen LogP contribution is 2.40. The minimum absolute atomic E-state index is 0.0995. The molecule has 78 valence electrons. The van der Waals surface area contributed by atoms with Crippen LogP contribution in [-0.2, 0) is 11.0 Å². The zero-order valence-electron chi connectivity index (χ0n) is 8.88. The first-order valence-corrected chi connectivity index (χ1v) is 6.36. The summed E-state index contributed by atoms with van der Waals surface area (Å²) >= 11 is 0. The Morgan fingerprint density at radius 3 is 2.46 bits per heavy atom. The van der Waals surface area contributed by atoms with Gasteiger partial charge in [-0.2, -0.15) is 0 Å². The van der Waals surface area contributed by atoms with Crippen molar-refractivity contribution in [1.82, 2.24) is 0 Å². The lowest BCUT2D eigenvalue weighted by molar-refractivity contribution is 0.254. The highest BCUT2D eigenvalue weighted by atomic mass is 32.2. The van der Waals surface area contributed by atoms with E-state index in [0.29, 0.717) is 11.8 Å². The summed E-state index contributed by atoms with van der Waals surface area (Å²) in [5, 5.41) is 5.64. The zero-order chi connectivity index (χ0) is 10.1. The summed E-state index contributed by atoms with van der Waals surface area (Å²) in [6.07, 6.45) is 4.53. The van der Waals surface area contributed by atoms with E-state index in [1.165, 1.54) is 12.8 Å². The predicted molar refractivity (Wildman–Crippen MR) is 57.5 cm³/mol. The number of hydrogen-bond donors (Lipinski definition) is 1. The summed E-state index contributed by atoms with van der Waals surface area (Å²) in [4.78, 5) is 0. The largest absolute Gasteiger partial charge is 0.251 e. The van der Waals surface area contributed by atoms with E-state index < -0.39 is 11.0 Å². The van der Waals surface area contributed by atoms with Gasteiger partial charge < -0.3 is 0 Å². The first kappa shape index (κ1) is 11.2. The molecule has 2 nitrogen and oxygen atoms in total. The minimum atomic E-state index is -1.16. The molecule has 1 saturated carbocycles. The Morgan fingerprint density at radius 1 is 1.54 bits per heavy atom. The van der Waals surface area contributed by atoms with Crippen molar-refractivity contribution in [2.24, 2.45) is 17.0 Å². The van der Waals surface area contributed by atoms with Crippen LogP contribution in [0, 0.1) is 11.8 Å². The van der Waals surface area contributed by atoms with Crippen LogP contribution in [0.5, 0.6) is 0 Å². The average Bonchev–Trinajstić information content (AvgIpc) is 2.03. The van der Waals surface area contributed by atoms with Gasteiger partial charge in [0.1, 0.15) is 0 Å². The summed E-state index contributed by atoms with van der Waals surface area (Å²) in [6, 6.07) is 0. The molecule has 13 heavy (non-hydrogen) atoms. The Hall–Kier alpha value is 0.110. The maximum absolute atomic E-state index is 11.6. The molecule has 0 aromatic carbocycles. The lowest BCUT2D eigenvalue weighted by atomic mass is 9.76. The molecule has 1 aliphatic carbocycles. The fourth-order valence-electron chi connectivity index (χ4n) is 2.48. The lowest BCUT2D eigenvalue weighted by Gasteiger charge is -2.41. The molecule has 1 fully saturated rings. The maximum Gasteiger partial charge on any atom is 0.0954 e. The molecule has 0 bridgehead atoms. The number of rotatable bonds is 2. The van der Waals surface area contributed by atoms with E-state index in [-0.39, 0.29) is 4.75 Å². The lowest BCUT2D eigenvalue weighted by Crippen LogP contribution is -2.46. The molecular weight excluding hydrogens is 182 g/mol. The molecule has 0 heterocycles. The second-order valence-electron chi connectivity index (χ2n) is 4.72. The van der Waals surface area contributed by atoms with Crippen LogP contribution in [0.2, 0.25) is 0 Å². The normalized spacial score (nSPS) is 37.8. The van der Waals surface area contributed by atoms with Gasteiger partial charge in [-0.1, -0.05) is 33.6 Å². The standard InChI is InChI=1S/C10H21NOS/c1-8(2)10(13(11)12)6-4-5-9(3)7-10/h8-9H,4-7,11H2,1-3H3. The van der Waals surface area contributed by atoms with E-state index in [1.54, 1.807) is 0 Å². The third kappa shape index (κ3) is 2.13. The molecule has 1 aliphatic rings. The van der Waals surface area contributed by atoms with Crippen LogP contribution in [0.4, 0.5) is 0 Å². The van der Waals surface area contributed by atoms with Gasteiger partial charge in [0.2, 0.25) is 0 Å². The Bertz CT molecular complexity index is 205. The fourth-order valence-corrected chi connectivity index (χ4v) is 3.74. The van der Waals surface area contributed by atoms with Crippen LogP contribution >= 0.6 is 0 Å². The first-order valence-electron chi connectivity index (χ1n) is 5.15. The third-order valence-electron chi connectivity index (χ3n) is 3.44. The van der Waals surface area contributed by atoms with Crippen molar-refractivity contribution in [3.8, 4) is 0 Å². The fraction of sp³-hybridized carbons (Fsp3) is 1.00. The predicted octanol–water partition coefficient (Wildman–Crippen LogP) is 2.21. The SMILES string of the molecule is CC1CCCC(C(C)C)(S(N)=O)C1. The smallest absolute Gasteiger partial charge is 0.0954 e. The Morgan fingerprint density at radius 2 is 2.15 bits per heavy atom. The van der Waals surface area contributed by atoms with Crippen LogP contribution in [0.3, 0.4) is 0 Å². The summed E-state index contributed by atoms with van der Waals surface area (Å²) in [5.41, 5.74) is 0. The van der Waals surface area contributed by atoms with E-state index in [2.05, 4.69) is 20.8 Å². The molecule has 3 heteroatoms. The van der Waals surface area contributed by atoms with Crippen molar-refractivity contribution in [3.63, 3.8) is 0 Å². The topological polar surface area (TPSA) is 43.1 Å². The van der Waals surface area contributed by atoms with E-state index in [4.69, 9.17) is 5.14 Å². The van der Waals surface area contributed by atoms with Crippen molar-refractivity contribution in [2.75, 3.05) is 0 Å². The van der Waals surface area contributed by atoms with Gasteiger partial charge in [0.05, 0.1) is 15.7 Å². The molecular formula is C10H21NOS. The van der Waals surface area contributed by atoms with Gasteiger partial charge in [-0.25, -0.2) is 4.21 Å². The maximum atomic E-state index is 11.6. The Kier molecular flexibility index (Phi) is 3.52. The van der Waals surface area contributed by atoms with Crippen LogP contribution in [0.25, 0.3) is 0 Å². The van der Waals surface area contributed by atoms with Crippen molar-refractivity contribution >= 4 is 11.0 Å².